The number of likely N-dealkylation sites (N-methyl/N-ethyl adjacent to an activating group) is 1. The molecular formula is C13H23N5O3. The van der Waals surface area contributed by atoms with Crippen molar-refractivity contribution in [2.75, 3.05) is 20.1 Å². The predicted octanol–water partition coefficient (Wildman–Crippen LogP) is -0.294. The topological polar surface area (TPSA) is 100 Å². The summed E-state index contributed by atoms with van der Waals surface area (Å²) in [5.74, 6) is -0.433. The van der Waals surface area contributed by atoms with Crippen molar-refractivity contribution in [1.82, 2.24) is 25.2 Å². The Morgan fingerprint density at radius 3 is 2.81 bits per heavy atom. The van der Waals surface area contributed by atoms with E-state index in [1.54, 1.807) is 7.05 Å². The molecule has 1 heterocycles. The average Bonchev–Trinajstić information content (AvgIpc) is 2.92. The molecule has 0 aliphatic rings. The molecule has 1 unspecified atom stereocenters. The molecule has 2 amide bonds. The average molecular weight is 297 g/mol. The maximum absolute atomic E-state index is 12.0. The molecular weight excluding hydrogens is 274 g/mol. The number of hydrogen-bond acceptors (Lipinski definition) is 5. The van der Waals surface area contributed by atoms with Crippen molar-refractivity contribution >= 4 is 11.8 Å². The van der Waals surface area contributed by atoms with Gasteiger partial charge < -0.3 is 15.3 Å². The molecule has 21 heavy (non-hydrogen) atoms. The molecule has 0 aromatic carbocycles. The first-order valence-electron chi connectivity index (χ1n) is 7.06. The zero-order chi connectivity index (χ0) is 15.8. The molecule has 8 nitrogen and oxygen atoms in total. The molecule has 0 radical (unpaired) electrons. The summed E-state index contributed by atoms with van der Waals surface area (Å²) in [6.07, 6.45) is 2.25. The van der Waals surface area contributed by atoms with E-state index in [2.05, 4.69) is 15.6 Å². The summed E-state index contributed by atoms with van der Waals surface area (Å²) < 4.78 is 1.36. The Morgan fingerprint density at radius 1 is 1.48 bits per heavy atom. The number of aromatic nitrogens is 3. The third-order valence-electron chi connectivity index (χ3n) is 2.96. The number of aliphatic hydroxyl groups is 1. The van der Waals surface area contributed by atoms with Crippen LogP contribution in [0.25, 0.3) is 0 Å². The highest BCUT2D eigenvalue weighted by molar-refractivity contribution is 5.84. The molecule has 0 aliphatic heterocycles. The minimum absolute atomic E-state index is 0.0119. The zero-order valence-electron chi connectivity index (χ0n) is 12.7. The maximum atomic E-state index is 12.0. The van der Waals surface area contributed by atoms with Gasteiger partial charge in [0.25, 0.3) is 0 Å². The highest BCUT2D eigenvalue weighted by Gasteiger charge is 2.15. The highest BCUT2D eigenvalue weighted by Crippen LogP contribution is 2.11. The zero-order valence-corrected chi connectivity index (χ0v) is 12.7. The van der Waals surface area contributed by atoms with Crippen LogP contribution >= 0.6 is 0 Å². The third-order valence-corrected chi connectivity index (χ3v) is 2.96. The van der Waals surface area contributed by atoms with E-state index >= 15 is 0 Å². The van der Waals surface area contributed by atoms with E-state index in [1.807, 2.05) is 13.8 Å². The van der Waals surface area contributed by atoms with Gasteiger partial charge >= 0.3 is 0 Å². The molecule has 1 rings (SSSR count). The van der Waals surface area contributed by atoms with Gasteiger partial charge in [0.05, 0.1) is 18.8 Å². The maximum Gasteiger partial charge on any atom is 0.244 e. The molecule has 1 atom stereocenters. The van der Waals surface area contributed by atoms with Crippen LogP contribution < -0.4 is 5.32 Å². The molecule has 8 heteroatoms. The quantitative estimate of drug-likeness (QED) is 0.686. The summed E-state index contributed by atoms with van der Waals surface area (Å²) in [6.45, 7) is 4.39. The lowest BCUT2D eigenvalue weighted by Gasteiger charge is -2.16. The molecule has 0 bridgehead atoms. The fourth-order valence-corrected chi connectivity index (χ4v) is 1.64. The summed E-state index contributed by atoms with van der Waals surface area (Å²) in [7, 11) is 1.56. The van der Waals surface area contributed by atoms with Crippen molar-refractivity contribution in [1.29, 1.82) is 0 Å². The van der Waals surface area contributed by atoms with Gasteiger partial charge in [-0.1, -0.05) is 19.1 Å². The molecule has 2 N–H and O–H groups in total. The standard InChI is InChI=1S/C13H23N5O3/c1-4-6-14-12(20)8-17(3)13(21)9-18-7-10(15-16-18)11(19)5-2/h7,11,19H,4-6,8-9H2,1-3H3,(H,14,20). The van der Waals surface area contributed by atoms with E-state index in [0.717, 1.165) is 6.42 Å². The second-order valence-electron chi connectivity index (χ2n) is 4.86. The normalized spacial score (nSPS) is 12.0. The second kappa shape index (κ2) is 8.35. The summed E-state index contributed by atoms with van der Waals surface area (Å²) in [5, 5.41) is 19.9. The number of nitrogens with zero attached hydrogens (tertiary/aromatic N) is 4. The van der Waals surface area contributed by atoms with Crippen LogP contribution in [-0.4, -0.2) is 57.0 Å². The largest absolute Gasteiger partial charge is 0.387 e. The van der Waals surface area contributed by atoms with E-state index in [1.165, 1.54) is 15.8 Å². The van der Waals surface area contributed by atoms with Gasteiger partial charge in [0.15, 0.2) is 0 Å². The van der Waals surface area contributed by atoms with Crippen LogP contribution in [-0.2, 0) is 16.1 Å². The Balaban J connectivity index is 2.48. The van der Waals surface area contributed by atoms with E-state index in [4.69, 9.17) is 0 Å². The van der Waals surface area contributed by atoms with Crippen molar-refractivity contribution in [2.45, 2.75) is 39.3 Å². The van der Waals surface area contributed by atoms with Gasteiger partial charge in [0, 0.05) is 13.6 Å². The first-order valence-corrected chi connectivity index (χ1v) is 7.06. The Morgan fingerprint density at radius 2 is 2.19 bits per heavy atom. The Bertz CT molecular complexity index is 474. The van der Waals surface area contributed by atoms with Crippen LogP contribution in [0.1, 0.15) is 38.5 Å². The fourth-order valence-electron chi connectivity index (χ4n) is 1.64. The third kappa shape index (κ3) is 5.50. The minimum Gasteiger partial charge on any atom is -0.387 e. The van der Waals surface area contributed by atoms with Crippen LogP contribution in [0.2, 0.25) is 0 Å². The van der Waals surface area contributed by atoms with Crippen LogP contribution in [0.4, 0.5) is 0 Å². The predicted molar refractivity (Wildman–Crippen MR) is 76.2 cm³/mol. The summed E-state index contributed by atoms with van der Waals surface area (Å²) in [6, 6.07) is 0. The molecule has 0 saturated heterocycles. The smallest absolute Gasteiger partial charge is 0.244 e. The Labute approximate surface area is 124 Å². The van der Waals surface area contributed by atoms with Gasteiger partial charge in [0.2, 0.25) is 11.8 Å². The molecule has 0 fully saturated rings. The Kier molecular flexibility index (Phi) is 6.80. The lowest BCUT2D eigenvalue weighted by Crippen LogP contribution is -2.40. The van der Waals surface area contributed by atoms with Crippen LogP contribution in [0.15, 0.2) is 6.20 Å². The number of aliphatic hydroxyl groups excluding tert-OH is 1. The molecule has 0 saturated carbocycles. The van der Waals surface area contributed by atoms with E-state index < -0.39 is 6.10 Å². The van der Waals surface area contributed by atoms with Gasteiger partial charge in [-0.25, -0.2) is 4.68 Å². The van der Waals surface area contributed by atoms with Crippen LogP contribution in [0.3, 0.4) is 0 Å². The molecule has 118 valence electrons. The monoisotopic (exact) mass is 297 g/mol. The Hall–Kier alpha value is -1.96. The van der Waals surface area contributed by atoms with Crippen LogP contribution in [0, 0.1) is 0 Å². The highest BCUT2D eigenvalue weighted by atomic mass is 16.3. The van der Waals surface area contributed by atoms with Gasteiger partial charge in [-0.2, -0.15) is 0 Å². The number of hydrogen-bond donors (Lipinski definition) is 2. The molecule has 0 aliphatic carbocycles. The van der Waals surface area contributed by atoms with Crippen molar-refractivity contribution in [2.24, 2.45) is 0 Å². The van der Waals surface area contributed by atoms with Crippen molar-refractivity contribution in [3.8, 4) is 0 Å². The number of carbonyl (C=O) groups is 2. The van der Waals surface area contributed by atoms with E-state index in [-0.39, 0.29) is 24.9 Å². The van der Waals surface area contributed by atoms with Gasteiger partial charge in [0.1, 0.15) is 12.2 Å². The molecule has 1 aromatic heterocycles. The number of nitrogens with one attached hydrogen (secondary N) is 1. The number of carbonyl (C=O) groups excluding carboxylic acids is 2. The van der Waals surface area contributed by atoms with Crippen molar-refractivity contribution in [3.05, 3.63) is 11.9 Å². The second-order valence-corrected chi connectivity index (χ2v) is 4.86. The molecule has 1 aromatic rings. The van der Waals surface area contributed by atoms with Gasteiger partial charge in [-0.3, -0.25) is 9.59 Å². The van der Waals surface area contributed by atoms with E-state index in [9.17, 15) is 14.7 Å². The minimum atomic E-state index is -0.675. The molecule has 0 spiro atoms. The van der Waals surface area contributed by atoms with E-state index in [0.29, 0.717) is 18.7 Å². The first kappa shape index (κ1) is 17.1. The first-order chi connectivity index (χ1) is 9.97. The van der Waals surface area contributed by atoms with Gasteiger partial charge in [-0.05, 0) is 12.8 Å². The summed E-state index contributed by atoms with van der Waals surface area (Å²) in [5.41, 5.74) is 0.439. The summed E-state index contributed by atoms with van der Waals surface area (Å²) in [4.78, 5) is 24.8. The van der Waals surface area contributed by atoms with Crippen LogP contribution in [0.5, 0.6) is 0 Å². The SMILES string of the molecule is CCCNC(=O)CN(C)C(=O)Cn1cc(C(O)CC)nn1. The number of amides is 2. The summed E-state index contributed by atoms with van der Waals surface area (Å²) >= 11 is 0. The number of rotatable bonds is 8. The lowest BCUT2D eigenvalue weighted by molar-refractivity contribution is -0.135. The lowest BCUT2D eigenvalue weighted by atomic mass is 10.2. The van der Waals surface area contributed by atoms with Crippen molar-refractivity contribution < 1.29 is 14.7 Å². The van der Waals surface area contributed by atoms with Gasteiger partial charge in [-0.15, -0.1) is 5.10 Å². The fraction of sp³-hybridized carbons (Fsp3) is 0.692. The van der Waals surface area contributed by atoms with Crippen molar-refractivity contribution in [3.63, 3.8) is 0 Å².